The first-order chi connectivity index (χ1) is 7.95. The monoisotopic (exact) mass is 245 g/mol. The molecule has 0 spiro atoms. The van der Waals surface area contributed by atoms with E-state index in [4.69, 9.17) is 10.2 Å². The number of quaternary nitrogens is 1. The molecule has 0 aliphatic carbocycles. The van der Waals surface area contributed by atoms with Gasteiger partial charge < -0.3 is 20.0 Å². The second-order valence-corrected chi connectivity index (χ2v) is 4.63. The maximum absolute atomic E-state index is 11.2. The van der Waals surface area contributed by atoms with Crippen LogP contribution in [0.25, 0.3) is 0 Å². The molecule has 0 bridgehead atoms. The Morgan fingerprint density at radius 1 is 1.24 bits per heavy atom. The first kappa shape index (κ1) is 16.1. The lowest BCUT2D eigenvalue weighted by molar-refractivity contribution is -0.910. The Kier molecular flexibility index (Phi) is 7.78. The standard InChI is InChI=1S/C12H24N2O3/c1-11(2)12(17)13-5-4-6-14(3,7-9-15)8-10-16/h15-16H,1,4-10H2,2-3H3/p+1. The number of carbonyl (C=O) groups excluding carboxylic acids is 1. The van der Waals surface area contributed by atoms with Gasteiger partial charge in [-0.2, -0.15) is 0 Å². The van der Waals surface area contributed by atoms with Gasteiger partial charge in [-0.05, 0) is 6.92 Å². The largest absolute Gasteiger partial charge is 0.391 e. The molecule has 17 heavy (non-hydrogen) atoms. The molecule has 100 valence electrons. The van der Waals surface area contributed by atoms with E-state index in [1.807, 2.05) is 7.05 Å². The molecular weight excluding hydrogens is 220 g/mol. The summed E-state index contributed by atoms with van der Waals surface area (Å²) in [6.07, 6.45) is 0.815. The van der Waals surface area contributed by atoms with Gasteiger partial charge in [0.15, 0.2) is 0 Å². The van der Waals surface area contributed by atoms with Crippen molar-refractivity contribution in [3.63, 3.8) is 0 Å². The van der Waals surface area contributed by atoms with Crippen LogP contribution in [0, 0.1) is 0 Å². The van der Waals surface area contributed by atoms with Crippen molar-refractivity contribution in [1.82, 2.24) is 5.32 Å². The molecule has 0 atom stereocenters. The SMILES string of the molecule is C=C(C)C(=O)NCCC[N+](C)(CCO)CCO. The number of amides is 1. The Balaban J connectivity index is 3.90. The summed E-state index contributed by atoms with van der Waals surface area (Å²) in [6, 6.07) is 0. The van der Waals surface area contributed by atoms with E-state index in [9.17, 15) is 4.79 Å². The van der Waals surface area contributed by atoms with E-state index in [-0.39, 0.29) is 19.1 Å². The topological polar surface area (TPSA) is 69.6 Å². The zero-order chi connectivity index (χ0) is 13.3. The third kappa shape index (κ3) is 7.10. The molecule has 0 fully saturated rings. The van der Waals surface area contributed by atoms with E-state index >= 15 is 0 Å². The van der Waals surface area contributed by atoms with Crippen LogP contribution in [-0.4, -0.2) is 67.0 Å². The van der Waals surface area contributed by atoms with E-state index in [1.165, 1.54) is 0 Å². The first-order valence-corrected chi connectivity index (χ1v) is 5.94. The van der Waals surface area contributed by atoms with Gasteiger partial charge in [-0.15, -0.1) is 0 Å². The van der Waals surface area contributed by atoms with Crippen LogP contribution < -0.4 is 5.32 Å². The molecule has 0 heterocycles. The molecule has 0 saturated heterocycles. The molecular formula is C12H25N2O3+. The predicted molar refractivity (Wildman–Crippen MR) is 67.4 cm³/mol. The smallest absolute Gasteiger partial charge is 0.246 e. The summed E-state index contributed by atoms with van der Waals surface area (Å²) in [5.74, 6) is -0.122. The third-order valence-electron chi connectivity index (χ3n) is 2.83. The Morgan fingerprint density at radius 2 is 1.76 bits per heavy atom. The number of nitrogens with zero attached hydrogens (tertiary/aromatic N) is 1. The predicted octanol–water partition coefficient (Wildman–Crippen LogP) is -0.500. The molecule has 0 unspecified atom stereocenters. The lowest BCUT2D eigenvalue weighted by Crippen LogP contribution is -2.49. The number of nitrogens with one attached hydrogen (secondary N) is 1. The van der Waals surface area contributed by atoms with Gasteiger partial charge in [0, 0.05) is 18.5 Å². The van der Waals surface area contributed by atoms with Crippen molar-refractivity contribution in [1.29, 1.82) is 0 Å². The molecule has 0 rings (SSSR count). The highest BCUT2D eigenvalue weighted by molar-refractivity contribution is 5.91. The number of hydrogen-bond acceptors (Lipinski definition) is 3. The van der Waals surface area contributed by atoms with Gasteiger partial charge in [-0.25, -0.2) is 0 Å². The Labute approximate surface area is 103 Å². The zero-order valence-corrected chi connectivity index (χ0v) is 10.9. The lowest BCUT2D eigenvalue weighted by atomic mass is 10.3. The third-order valence-corrected chi connectivity index (χ3v) is 2.83. The van der Waals surface area contributed by atoms with Crippen LogP contribution in [0.4, 0.5) is 0 Å². The van der Waals surface area contributed by atoms with Crippen molar-refractivity contribution < 1.29 is 19.5 Å². The van der Waals surface area contributed by atoms with Crippen LogP contribution in [0.3, 0.4) is 0 Å². The number of carbonyl (C=O) groups is 1. The van der Waals surface area contributed by atoms with E-state index in [2.05, 4.69) is 11.9 Å². The van der Waals surface area contributed by atoms with E-state index in [1.54, 1.807) is 6.92 Å². The van der Waals surface area contributed by atoms with Gasteiger partial charge in [0.05, 0.1) is 26.8 Å². The minimum absolute atomic E-state index is 0.106. The summed E-state index contributed by atoms with van der Waals surface area (Å²) in [5, 5.41) is 20.7. The van der Waals surface area contributed by atoms with Gasteiger partial charge in [0.1, 0.15) is 13.1 Å². The van der Waals surface area contributed by atoms with Gasteiger partial charge in [0.2, 0.25) is 5.91 Å². The molecule has 0 aromatic carbocycles. The number of aliphatic hydroxyl groups is 2. The van der Waals surface area contributed by atoms with Crippen LogP contribution in [0.5, 0.6) is 0 Å². The highest BCUT2D eigenvalue weighted by Gasteiger charge is 2.19. The number of hydrogen-bond donors (Lipinski definition) is 3. The summed E-state index contributed by atoms with van der Waals surface area (Å²) in [6.45, 7) is 8.10. The minimum atomic E-state index is -0.122. The van der Waals surface area contributed by atoms with E-state index < -0.39 is 0 Å². The fraction of sp³-hybridized carbons (Fsp3) is 0.750. The van der Waals surface area contributed by atoms with Crippen molar-refractivity contribution in [3.8, 4) is 0 Å². The number of likely N-dealkylation sites (N-methyl/N-ethyl adjacent to an activating group) is 1. The summed E-state index contributed by atoms with van der Waals surface area (Å²) in [7, 11) is 1.99. The zero-order valence-electron chi connectivity index (χ0n) is 10.9. The fourth-order valence-electron chi connectivity index (χ4n) is 1.63. The van der Waals surface area contributed by atoms with Gasteiger partial charge in [-0.1, -0.05) is 6.58 Å². The highest BCUT2D eigenvalue weighted by atomic mass is 16.3. The summed E-state index contributed by atoms with van der Waals surface area (Å²) in [4.78, 5) is 11.2. The van der Waals surface area contributed by atoms with Crippen LogP contribution in [0.2, 0.25) is 0 Å². The van der Waals surface area contributed by atoms with Gasteiger partial charge in [0.25, 0.3) is 0 Å². The van der Waals surface area contributed by atoms with Gasteiger partial charge in [-0.3, -0.25) is 4.79 Å². The average molecular weight is 245 g/mol. The van der Waals surface area contributed by atoms with Crippen molar-refractivity contribution in [2.75, 3.05) is 46.4 Å². The van der Waals surface area contributed by atoms with E-state index in [0.29, 0.717) is 29.7 Å². The van der Waals surface area contributed by atoms with Crippen molar-refractivity contribution in [3.05, 3.63) is 12.2 Å². The minimum Gasteiger partial charge on any atom is -0.391 e. The molecule has 0 aromatic heterocycles. The molecule has 0 aliphatic rings. The summed E-state index contributed by atoms with van der Waals surface area (Å²) in [5.41, 5.74) is 0.507. The van der Waals surface area contributed by atoms with Crippen molar-refractivity contribution in [2.45, 2.75) is 13.3 Å². The molecule has 0 radical (unpaired) electrons. The molecule has 1 amide bonds. The van der Waals surface area contributed by atoms with Crippen LogP contribution >= 0.6 is 0 Å². The molecule has 5 nitrogen and oxygen atoms in total. The quantitative estimate of drug-likeness (QED) is 0.291. The Morgan fingerprint density at radius 3 is 2.18 bits per heavy atom. The Hall–Kier alpha value is -0.910. The summed E-state index contributed by atoms with van der Waals surface area (Å²) < 4.78 is 0.621. The highest BCUT2D eigenvalue weighted by Crippen LogP contribution is 2.02. The second kappa shape index (κ2) is 8.22. The molecule has 0 aliphatic heterocycles. The second-order valence-electron chi connectivity index (χ2n) is 4.63. The molecule has 0 aromatic rings. The molecule has 0 saturated carbocycles. The maximum atomic E-state index is 11.2. The van der Waals surface area contributed by atoms with Crippen molar-refractivity contribution >= 4 is 5.91 Å². The van der Waals surface area contributed by atoms with Crippen LogP contribution in [-0.2, 0) is 4.79 Å². The fourth-order valence-corrected chi connectivity index (χ4v) is 1.63. The van der Waals surface area contributed by atoms with Crippen LogP contribution in [0.15, 0.2) is 12.2 Å². The van der Waals surface area contributed by atoms with E-state index in [0.717, 1.165) is 13.0 Å². The lowest BCUT2D eigenvalue weighted by Gasteiger charge is -2.33. The van der Waals surface area contributed by atoms with Gasteiger partial charge >= 0.3 is 0 Å². The first-order valence-electron chi connectivity index (χ1n) is 5.94. The number of aliphatic hydroxyl groups excluding tert-OH is 2. The molecule has 5 heteroatoms. The normalized spacial score (nSPS) is 11.3. The summed E-state index contributed by atoms with van der Waals surface area (Å²) >= 11 is 0. The average Bonchev–Trinajstić information content (AvgIpc) is 2.24. The van der Waals surface area contributed by atoms with Crippen molar-refractivity contribution in [2.24, 2.45) is 0 Å². The molecule has 3 N–H and O–H groups in total. The number of rotatable bonds is 9. The maximum Gasteiger partial charge on any atom is 0.246 e. The van der Waals surface area contributed by atoms with Crippen LogP contribution in [0.1, 0.15) is 13.3 Å². The Bertz CT molecular complexity index is 248.